The molecule has 7 nitrogen and oxygen atoms in total. The summed E-state index contributed by atoms with van der Waals surface area (Å²) in [5.74, 6) is -0.660. The molecule has 1 aliphatic rings. The van der Waals surface area contributed by atoms with E-state index in [1.807, 2.05) is 30.3 Å². The molecule has 0 saturated carbocycles. The minimum atomic E-state index is -0.394. The molecule has 2 heterocycles. The fraction of sp³-hybridized carbons (Fsp3) is 0.240. The van der Waals surface area contributed by atoms with Crippen LogP contribution in [0.25, 0.3) is 17.3 Å². The predicted molar refractivity (Wildman–Crippen MR) is 129 cm³/mol. The summed E-state index contributed by atoms with van der Waals surface area (Å²) in [7, 11) is 1.34. The Morgan fingerprint density at radius 1 is 1.12 bits per heavy atom. The van der Waals surface area contributed by atoms with E-state index in [0.29, 0.717) is 10.7 Å². The highest BCUT2D eigenvalue weighted by molar-refractivity contribution is 7.16. The highest BCUT2D eigenvalue weighted by atomic mass is 32.1. The van der Waals surface area contributed by atoms with Gasteiger partial charge in [0.25, 0.3) is 0 Å². The van der Waals surface area contributed by atoms with E-state index in [1.54, 1.807) is 30.3 Å². The SMILES string of the molecule is COC(=O)c1ccc(/C=C/C(=O)Nc2nc(-c3ccccc3)c(CN3CCOCC3)s2)cc1. The molecule has 0 spiro atoms. The zero-order valence-electron chi connectivity index (χ0n) is 18.3. The van der Waals surface area contributed by atoms with Gasteiger partial charge in [0.05, 0.1) is 31.6 Å². The first-order chi connectivity index (χ1) is 16.1. The molecule has 1 amide bonds. The van der Waals surface area contributed by atoms with Gasteiger partial charge in [0.1, 0.15) is 0 Å². The summed E-state index contributed by atoms with van der Waals surface area (Å²) in [6, 6.07) is 16.8. The highest BCUT2D eigenvalue weighted by Crippen LogP contribution is 2.32. The summed E-state index contributed by atoms with van der Waals surface area (Å²) >= 11 is 1.49. The average Bonchev–Trinajstić information content (AvgIpc) is 3.25. The molecular weight excluding hydrogens is 438 g/mol. The number of methoxy groups -OCH3 is 1. The molecule has 0 atom stereocenters. The van der Waals surface area contributed by atoms with Gasteiger partial charge in [0.15, 0.2) is 5.13 Å². The maximum Gasteiger partial charge on any atom is 0.337 e. The lowest BCUT2D eigenvalue weighted by molar-refractivity contribution is -0.111. The molecule has 1 fully saturated rings. The maximum absolute atomic E-state index is 12.5. The van der Waals surface area contributed by atoms with Crippen molar-refractivity contribution < 1.29 is 19.1 Å². The number of hydrogen-bond acceptors (Lipinski definition) is 7. The third kappa shape index (κ3) is 6.13. The molecule has 1 aliphatic heterocycles. The van der Waals surface area contributed by atoms with Gasteiger partial charge >= 0.3 is 5.97 Å². The van der Waals surface area contributed by atoms with Crippen molar-refractivity contribution in [2.75, 3.05) is 38.7 Å². The van der Waals surface area contributed by atoms with Crippen molar-refractivity contribution >= 4 is 34.4 Å². The summed E-state index contributed by atoms with van der Waals surface area (Å²) < 4.78 is 10.2. The molecule has 0 radical (unpaired) electrons. The molecule has 8 heteroatoms. The van der Waals surface area contributed by atoms with Crippen LogP contribution in [0.2, 0.25) is 0 Å². The van der Waals surface area contributed by atoms with Gasteiger partial charge in [-0.05, 0) is 23.8 Å². The number of benzene rings is 2. The Balaban J connectivity index is 1.47. The highest BCUT2D eigenvalue weighted by Gasteiger charge is 2.18. The van der Waals surface area contributed by atoms with E-state index in [9.17, 15) is 9.59 Å². The maximum atomic E-state index is 12.5. The normalized spacial score (nSPS) is 14.3. The fourth-order valence-electron chi connectivity index (χ4n) is 3.46. The minimum absolute atomic E-state index is 0.265. The van der Waals surface area contributed by atoms with Gasteiger partial charge in [-0.2, -0.15) is 0 Å². The number of aromatic nitrogens is 1. The van der Waals surface area contributed by atoms with Gasteiger partial charge in [0.2, 0.25) is 5.91 Å². The first-order valence-corrected chi connectivity index (χ1v) is 11.5. The lowest BCUT2D eigenvalue weighted by Gasteiger charge is -2.26. The van der Waals surface area contributed by atoms with Gasteiger partial charge in [-0.3, -0.25) is 15.0 Å². The van der Waals surface area contributed by atoms with Gasteiger partial charge in [0, 0.05) is 36.2 Å². The summed E-state index contributed by atoms with van der Waals surface area (Å²) in [5.41, 5.74) is 3.18. The van der Waals surface area contributed by atoms with Crippen molar-refractivity contribution in [2.24, 2.45) is 0 Å². The Kier molecular flexibility index (Phi) is 7.62. The number of carbonyl (C=O) groups excluding carboxylic acids is 2. The smallest absolute Gasteiger partial charge is 0.337 e. The van der Waals surface area contributed by atoms with Crippen molar-refractivity contribution in [1.29, 1.82) is 0 Å². The summed E-state index contributed by atoms with van der Waals surface area (Å²) in [6.07, 6.45) is 3.15. The summed E-state index contributed by atoms with van der Waals surface area (Å²) in [6.45, 7) is 3.99. The number of esters is 1. The summed E-state index contributed by atoms with van der Waals surface area (Å²) in [4.78, 5) is 32.2. The Bertz CT molecular complexity index is 1120. The van der Waals surface area contributed by atoms with Gasteiger partial charge in [-0.1, -0.05) is 53.8 Å². The lowest BCUT2D eigenvalue weighted by atomic mass is 10.1. The molecule has 1 aromatic heterocycles. The number of rotatable bonds is 7. The quantitative estimate of drug-likeness (QED) is 0.420. The first kappa shape index (κ1) is 22.8. The molecule has 0 unspecified atom stereocenters. The van der Waals surface area contributed by atoms with Crippen molar-refractivity contribution in [3.63, 3.8) is 0 Å². The van der Waals surface area contributed by atoms with E-state index in [4.69, 9.17) is 14.5 Å². The number of ether oxygens (including phenoxy) is 2. The molecule has 33 heavy (non-hydrogen) atoms. The van der Waals surface area contributed by atoms with E-state index < -0.39 is 5.97 Å². The number of carbonyl (C=O) groups is 2. The molecule has 3 aromatic rings. The van der Waals surface area contributed by atoms with Crippen LogP contribution in [-0.4, -0.2) is 55.2 Å². The number of nitrogens with one attached hydrogen (secondary N) is 1. The molecule has 2 aromatic carbocycles. The van der Waals surface area contributed by atoms with E-state index >= 15 is 0 Å². The molecule has 1 N–H and O–H groups in total. The Labute approximate surface area is 196 Å². The third-order valence-electron chi connectivity index (χ3n) is 5.20. The molecular formula is C25H25N3O4S. The number of thiazole rings is 1. The van der Waals surface area contributed by atoms with Crippen LogP contribution in [-0.2, 0) is 20.8 Å². The fourth-order valence-corrected chi connectivity index (χ4v) is 4.49. The third-order valence-corrected chi connectivity index (χ3v) is 6.16. The van der Waals surface area contributed by atoms with Crippen LogP contribution in [0.3, 0.4) is 0 Å². The number of hydrogen-bond donors (Lipinski definition) is 1. The van der Waals surface area contributed by atoms with Gasteiger partial charge in [-0.25, -0.2) is 9.78 Å². The zero-order valence-corrected chi connectivity index (χ0v) is 19.1. The van der Waals surface area contributed by atoms with Crippen LogP contribution in [0.1, 0.15) is 20.8 Å². The average molecular weight is 464 g/mol. The number of amides is 1. The molecule has 0 bridgehead atoms. The van der Waals surface area contributed by atoms with Crippen LogP contribution < -0.4 is 5.32 Å². The molecule has 0 aliphatic carbocycles. The van der Waals surface area contributed by atoms with E-state index in [1.165, 1.54) is 24.5 Å². The van der Waals surface area contributed by atoms with E-state index in [-0.39, 0.29) is 5.91 Å². The van der Waals surface area contributed by atoms with Crippen LogP contribution in [0.15, 0.2) is 60.7 Å². The standard InChI is InChI=1S/C25H25N3O4S/c1-31-24(30)20-10-7-18(8-11-20)9-12-22(29)26-25-27-23(19-5-3-2-4-6-19)21(33-25)17-28-13-15-32-16-14-28/h2-12H,13-17H2,1H3,(H,26,27,29)/b12-9+. The second-order valence-electron chi connectivity index (χ2n) is 7.48. The minimum Gasteiger partial charge on any atom is -0.465 e. The van der Waals surface area contributed by atoms with Crippen LogP contribution in [0.5, 0.6) is 0 Å². The van der Waals surface area contributed by atoms with Crippen molar-refractivity contribution in [2.45, 2.75) is 6.54 Å². The van der Waals surface area contributed by atoms with Crippen LogP contribution in [0, 0.1) is 0 Å². The number of nitrogens with zero attached hydrogens (tertiary/aromatic N) is 2. The second-order valence-corrected chi connectivity index (χ2v) is 8.57. The molecule has 1 saturated heterocycles. The Morgan fingerprint density at radius 3 is 2.55 bits per heavy atom. The molecule has 4 rings (SSSR count). The first-order valence-electron chi connectivity index (χ1n) is 10.6. The largest absolute Gasteiger partial charge is 0.465 e. The molecule has 170 valence electrons. The van der Waals surface area contributed by atoms with Crippen molar-refractivity contribution in [1.82, 2.24) is 9.88 Å². The predicted octanol–water partition coefficient (Wildman–Crippen LogP) is 4.08. The number of morpholine rings is 1. The topological polar surface area (TPSA) is 80.8 Å². The summed E-state index contributed by atoms with van der Waals surface area (Å²) in [5, 5.41) is 3.45. The monoisotopic (exact) mass is 463 g/mol. The van der Waals surface area contributed by atoms with Crippen LogP contribution in [0.4, 0.5) is 5.13 Å². The van der Waals surface area contributed by atoms with Crippen molar-refractivity contribution in [3.8, 4) is 11.3 Å². The van der Waals surface area contributed by atoms with E-state index in [2.05, 4.69) is 10.2 Å². The second kappa shape index (κ2) is 11.0. The van der Waals surface area contributed by atoms with Crippen molar-refractivity contribution in [3.05, 3.63) is 76.7 Å². The lowest BCUT2D eigenvalue weighted by Crippen LogP contribution is -2.35. The Hall–Kier alpha value is -3.33. The zero-order chi connectivity index (χ0) is 23.0. The van der Waals surface area contributed by atoms with Gasteiger partial charge in [-0.15, -0.1) is 0 Å². The van der Waals surface area contributed by atoms with Gasteiger partial charge < -0.3 is 9.47 Å². The van der Waals surface area contributed by atoms with E-state index in [0.717, 1.165) is 54.5 Å². The van der Waals surface area contributed by atoms with Crippen LogP contribution >= 0.6 is 11.3 Å². The Morgan fingerprint density at radius 2 is 1.85 bits per heavy atom. The number of anilines is 1.